The molecule has 2 aliphatic rings. The largest absolute Gasteiger partial charge is 0.477 e. The minimum Gasteiger partial charge on any atom is -0.477 e. The van der Waals surface area contributed by atoms with Gasteiger partial charge >= 0.3 is 5.97 Å². The number of ether oxygens (including phenoxy) is 1. The number of hydrogen-bond acceptors (Lipinski definition) is 8. The van der Waals surface area contributed by atoms with Gasteiger partial charge in [-0.3, -0.25) is 4.90 Å². The average molecular weight is 466 g/mol. The molecule has 1 saturated carbocycles. The molecule has 0 unspecified atom stereocenters. The summed E-state index contributed by atoms with van der Waals surface area (Å²) in [6.07, 6.45) is 7.71. The molecule has 0 atom stereocenters. The predicted octanol–water partition coefficient (Wildman–Crippen LogP) is 3.15. The van der Waals surface area contributed by atoms with E-state index in [9.17, 15) is 9.90 Å². The minimum atomic E-state index is -0.934. The molecule has 5 rings (SSSR count). The van der Waals surface area contributed by atoms with Gasteiger partial charge < -0.3 is 24.6 Å². The summed E-state index contributed by atoms with van der Waals surface area (Å²) in [6, 6.07) is 5.82. The van der Waals surface area contributed by atoms with E-state index in [1.165, 1.54) is 0 Å². The predicted molar refractivity (Wildman–Crippen MR) is 130 cm³/mol. The summed E-state index contributed by atoms with van der Waals surface area (Å²) in [5, 5.41) is 13.6. The zero-order valence-electron chi connectivity index (χ0n) is 19.5. The number of methoxy groups -OCH3 is 1. The van der Waals surface area contributed by atoms with E-state index in [1.807, 2.05) is 16.8 Å². The topological polar surface area (TPSA) is 109 Å². The molecule has 1 aliphatic heterocycles. The summed E-state index contributed by atoms with van der Waals surface area (Å²) >= 11 is 0. The Labute approximate surface area is 198 Å². The number of carboxylic acid groups (broad SMARTS) is 1. The van der Waals surface area contributed by atoms with Crippen molar-refractivity contribution >= 4 is 34.5 Å². The maximum absolute atomic E-state index is 11.8. The number of hydrogen-bond donors (Lipinski definition) is 2. The Morgan fingerprint density at radius 1 is 1.15 bits per heavy atom. The molecule has 10 heteroatoms. The third-order valence-electron chi connectivity index (χ3n) is 6.82. The summed E-state index contributed by atoms with van der Waals surface area (Å²) in [6.45, 7) is 5.67. The van der Waals surface area contributed by atoms with Crippen LogP contribution in [-0.4, -0.2) is 81.9 Å². The SMILES string of the molecule is COCCN1CCN(c2ccc(Nc3ncc4cc(C(=O)O)n(C5CCCC5)c4n3)nc2)CC1. The highest BCUT2D eigenvalue weighted by molar-refractivity contribution is 5.93. The lowest BCUT2D eigenvalue weighted by molar-refractivity contribution is 0.0683. The maximum Gasteiger partial charge on any atom is 0.352 e. The molecule has 2 fully saturated rings. The van der Waals surface area contributed by atoms with Gasteiger partial charge in [0.2, 0.25) is 5.95 Å². The fourth-order valence-electron chi connectivity index (χ4n) is 4.98. The molecule has 4 heterocycles. The van der Waals surface area contributed by atoms with Crippen molar-refractivity contribution in [2.45, 2.75) is 31.7 Å². The Morgan fingerprint density at radius 2 is 1.94 bits per heavy atom. The van der Waals surface area contributed by atoms with Crippen LogP contribution in [0.25, 0.3) is 11.0 Å². The molecule has 1 saturated heterocycles. The normalized spacial score (nSPS) is 17.5. The van der Waals surface area contributed by atoms with Crippen LogP contribution in [0.1, 0.15) is 42.2 Å². The highest BCUT2D eigenvalue weighted by Gasteiger charge is 2.25. The van der Waals surface area contributed by atoms with Crippen molar-refractivity contribution in [1.82, 2.24) is 24.4 Å². The molecule has 10 nitrogen and oxygen atoms in total. The van der Waals surface area contributed by atoms with Crippen LogP contribution in [0.5, 0.6) is 0 Å². The molecule has 0 bridgehead atoms. The molecule has 0 amide bonds. The number of nitrogens with one attached hydrogen (secondary N) is 1. The fourth-order valence-corrected chi connectivity index (χ4v) is 4.98. The van der Waals surface area contributed by atoms with Crippen LogP contribution in [0, 0.1) is 0 Å². The number of piperazine rings is 1. The summed E-state index contributed by atoms with van der Waals surface area (Å²) in [5.41, 5.74) is 2.03. The van der Waals surface area contributed by atoms with Gasteiger partial charge in [0.25, 0.3) is 0 Å². The minimum absolute atomic E-state index is 0.165. The Hall–Kier alpha value is -3.24. The van der Waals surface area contributed by atoms with Crippen molar-refractivity contribution in [3.63, 3.8) is 0 Å². The lowest BCUT2D eigenvalue weighted by Crippen LogP contribution is -2.47. The first kappa shape index (κ1) is 22.5. The van der Waals surface area contributed by atoms with Gasteiger partial charge in [0.15, 0.2) is 0 Å². The average Bonchev–Trinajstić information content (AvgIpc) is 3.51. The Kier molecular flexibility index (Phi) is 6.59. The molecule has 2 N–H and O–H groups in total. The first-order valence-corrected chi connectivity index (χ1v) is 11.9. The zero-order valence-corrected chi connectivity index (χ0v) is 19.5. The molecular formula is C24H31N7O3. The van der Waals surface area contributed by atoms with Crippen molar-refractivity contribution in [3.8, 4) is 0 Å². The van der Waals surface area contributed by atoms with Gasteiger partial charge in [-0.15, -0.1) is 0 Å². The number of rotatable bonds is 8. The standard InChI is InChI=1S/C24H31N7O3/c1-34-13-12-29-8-10-30(11-9-29)19-6-7-21(25-16-19)27-24-26-15-17-14-20(23(32)33)31(22(17)28-24)18-4-2-3-5-18/h6-7,14-16,18H,2-5,8-13H2,1H3,(H,32,33)(H,25,26,27,28). The number of nitrogens with zero attached hydrogens (tertiary/aromatic N) is 6. The van der Waals surface area contributed by atoms with Crippen LogP contribution in [-0.2, 0) is 4.74 Å². The second-order valence-electron chi connectivity index (χ2n) is 8.96. The quantitative estimate of drug-likeness (QED) is 0.518. The summed E-state index contributed by atoms with van der Waals surface area (Å²) in [7, 11) is 1.74. The van der Waals surface area contributed by atoms with Gasteiger partial charge in [-0.25, -0.2) is 14.8 Å². The van der Waals surface area contributed by atoms with Gasteiger partial charge in [-0.05, 0) is 31.0 Å². The first-order chi connectivity index (χ1) is 16.6. The van der Waals surface area contributed by atoms with Gasteiger partial charge in [-0.2, -0.15) is 4.98 Å². The number of pyridine rings is 1. The van der Waals surface area contributed by atoms with Crippen molar-refractivity contribution in [2.75, 3.05) is 56.7 Å². The molecule has 1 aliphatic carbocycles. The third kappa shape index (κ3) is 4.69. The van der Waals surface area contributed by atoms with Crippen LogP contribution in [0.3, 0.4) is 0 Å². The molecule has 180 valence electrons. The molecule has 0 spiro atoms. The Morgan fingerprint density at radius 3 is 2.62 bits per heavy atom. The van der Waals surface area contributed by atoms with Crippen LogP contribution in [0.4, 0.5) is 17.5 Å². The van der Waals surface area contributed by atoms with Crippen molar-refractivity contribution in [3.05, 3.63) is 36.3 Å². The van der Waals surface area contributed by atoms with E-state index in [4.69, 9.17) is 4.74 Å². The van der Waals surface area contributed by atoms with Crippen LogP contribution < -0.4 is 10.2 Å². The monoisotopic (exact) mass is 465 g/mol. The molecule has 0 aromatic carbocycles. The molecular weight excluding hydrogens is 434 g/mol. The number of carbonyl (C=O) groups is 1. The highest BCUT2D eigenvalue weighted by atomic mass is 16.5. The second kappa shape index (κ2) is 9.94. The van der Waals surface area contributed by atoms with Gasteiger partial charge in [0.05, 0.1) is 18.5 Å². The van der Waals surface area contributed by atoms with Gasteiger partial charge in [-0.1, -0.05) is 12.8 Å². The summed E-state index contributed by atoms with van der Waals surface area (Å²) in [4.78, 5) is 30.2. The molecule has 3 aromatic rings. The third-order valence-corrected chi connectivity index (χ3v) is 6.82. The van der Waals surface area contributed by atoms with E-state index < -0.39 is 5.97 Å². The van der Waals surface area contributed by atoms with E-state index in [1.54, 1.807) is 19.4 Å². The summed E-state index contributed by atoms with van der Waals surface area (Å²) < 4.78 is 7.05. The lowest BCUT2D eigenvalue weighted by Gasteiger charge is -2.35. The van der Waals surface area contributed by atoms with Gasteiger partial charge in [0, 0.05) is 57.5 Å². The fraction of sp³-hybridized carbons (Fsp3) is 0.500. The Balaban J connectivity index is 1.30. The van der Waals surface area contributed by atoms with E-state index >= 15 is 0 Å². The molecule has 3 aromatic heterocycles. The second-order valence-corrected chi connectivity index (χ2v) is 8.96. The van der Waals surface area contributed by atoms with Crippen molar-refractivity contribution in [2.24, 2.45) is 0 Å². The summed E-state index contributed by atoms with van der Waals surface area (Å²) in [5.74, 6) is 0.129. The Bertz CT molecular complexity index is 1130. The van der Waals surface area contributed by atoms with E-state index in [2.05, 4.69) is 36.1 Å². The van der Waals surface area contributed by atoms with Crippen LogP contribution in [0.15, 0.2) is 30.6 Å². The van der Waals surface area contributed by atoms with Crippen LogP contribution >= 0.6 is 0 Å². The number of anilines is 3. The van der Waals surface area contributed by atoms with E-state index in [-0.39, 0.29) is 11.7 Å². The first-order valence-electron chi connectivity index (χ1n) is 11.9. The van der Waals surface area contributed by atoms with Crippen molar-refractivity contribution in [1.29, 1.82) is 0 Å². The van der Waals surface area contributed by atoms with Crippen molar-refractivity contribution < 1.29 is 14.6 Å². The highest BCUT2D eigenvalue weighted by Crippen LogP contribution is 2.34. The molecule has 0 radical (unpaired) electrons. The zero-order chi connectivity index (χ0) is 23.5. The van der Waals surface area contributed by atoms with Gasteiger partial charge in [0.1, 0.15) is 17.2 Å². The number of fused-ring (bicyclic) bond motifs is 1. The number of carboxylic acids is 1. The maximum atomic E-state index is 11.8. The smallest absolute Gasteiger partial charge is 0.352 e. The van der Waals surface area contributed by atoms with E-state index in [0.29, 0.717) is 17.4 Å². The number of aromatic carboxylic acids is 1. The number of aromatic nitrogens is 4. The van der Waals surface area contributed by atoms with Crippen LogP contribution in [0.2, 0.25) is 0 Å². The van der Waals surface area contributed by atoms with E-state index in [0.717, 1.165) is 76.1 Å². The lowest BCUT2D eigenvalue weighted by atomic mass is 10.2. The molecule has 34 heavy (non-hydrogen) atoms.